The van der Waals surface area contributed by atoms with Gasteiger partial charge >= 0.3 is 0 Å². The van der Waals surface area contributed by atoms with Crippen molar-refractivity contribution in [3.63, 3.8) is 0 Å². The summed E-state index contributed by atoms with van der Waals surface area (Å²) in [7, 11) is 0. The van der Waals surface area contributed by atoms with Gasteiger partial charge in [0.25, 0.3) is 0 Å². The van der Waals surface area contributed by atoms with E-state index in [2.05, 4.69) is 15.3 Å². The van der Waals surface area contributed by atoms with E-state index in [1.54, 1.807) is 28.9 Å². The molecule has 0 radical (unpaired) electrons. The molecule has 0 aliphatic heterocycles. The monoisotopic (exact) mass is 391 g/mol. The lowest BCUT2D eigenvalue weighted by atomic mass is 10.2. The predicted octanol–water partition coefficient (Wildman–Crippen LogP) is 5.50. The van der Waals surface area contributed by atoms with Gasteiger partial charge < -0.3 is 5.32 Å². The third kappa shape index (κ3) is 4.48. The van der Waals surface area contributed by atoms with E-state index in [1.807, 2.05) is 65.4 Å². The van der Waals surface area contributed by atoms with Crippen LogP contribution >= 0.6 is 22.7 Å². The molecule has 0 aliphatic carbocycles. The minimum atomic E-state index is -0.00809. The van der Waals surface area contributed by atoms with E-state index in [-0.39, 0.29) is 5.91 Å². The van der Waals surface area contributed by atoms with Gasteiger partial charge in [-0.25, -0.2) is 9.97 Å². The molecule has 2 aromatic heterocycles. The molecule has 0 aliphatic rings. The van der Waals surface area contributed by atoms with Gasteiger partial charge in [0.2, 0.25) is 5.91 Å². The van der Waals surface area contributed by atoms with Crippen LogP contribution in [-0.4, -0.2) is 15.9 Å². The van der Waals surface area contributed by atoms with Gasteiger partial charge in [0, 0.05) is 40.2 Å². The molecule has 2 heterocycles. The molecule has 0 saturated carbocycles. The minimum absolute atomic E-state index is 0.00809. The number of rotatable bonds is 6. The second kappa shape index (κ2) is 8.24. The van der Waals surface area contributed by atoms with E-state index >= 15 is 0 Å². The van der Waals surface area contributed by atoms with E-state index in [4.69, 9.17) is 0 Å². The summed E-state index contributed by atoms with van der Waals surface area (Å²) in [5.74, 6) is -0.00809. The Balaban J connectivity index is 1.32. The fraction of sp³-hybridized carbons (Fsp3) is 0.0952. The van der Waals surface area contributed by atoms with Gasteiger partial charge in [0.15, 0.2) is 0 Å². The summed E-state index contributed by atoms with van der Waals surface area (Å²) >= 11 is 3.21. The number of carbonyl (C=O) groups excluding carboxylic acids is 1. The predicted molar refractivity (Wildman–Crippen MR) is 112 cm³/mol. The number of aryl methyl sites for hydroxylation is 1. The van der Waals surface area contributed by atoms with Crippen molar-refractivity contribution in [3.05, 3.63) is 77.2 Å². The summed E-state index contributed by atoms with van der Waals surface area (Å²) in [6.07, 6.45) is 2.83. The van der Waals surface area contributed by atoms with Crippen molar-refractivity contribution >= 4 is 34.3 Å². The largest absolute Gasteiger partial charge is 0.326 e. The second-order valence-corrected chi connectivity index (χ2v) is 7.73. The third-order valence-electron chi connectivity index (χ3n) is 4.03. The van der Waals surface area contributed by atoms with Crippen LogP contribution in [0.3, 0.4) is 0 Å². The highest BCUT2D eigenvalue weighted by Gasteiger charge is 2.08. The molecule has 4 aromatic rings. The fourth-order valence-electron chi connectivity index (χ4n) is 2.66. The maximum absolute atomic E-state index is 12.2. The Morgan fingerprint density at radius 2 is 1.70 bits per heavy atom. The lowest BCUT2D eigenvalue weighted by Gasteiger charge is -2.05. The highest BCUT2D eigenvalue weighted by atomic mass is 32.1. The molecule has 0 bridgehead atoms. The summed E-state index contributed by atoms with van der Waals surface area (Å²) in [5, 5.41) is 8.89. The van der Waals surface area contributed by atoms with E-state index < -0.39 is 0 Å². The smallest absolute Gasteiger partial charge is 0.224 e. The zero-order chi connectivity index (χ0) is 18.5. The molecule has 27 heavy (non-hydrogen) atoms. The van der Waals surface area contributed by atoms with Gasteiger partial charge in [-0.1, -0.05) is 30.3 Å². The summed E-state index contributed by atoms with van der Waals surface area (Å²) in [5.41, 5.74) is 3.91. The second-order valence-electron chi connectivity index (χ2n) is 5.97. The van der Waals surface area contributed by atoms with Crippen molar-refractivity contribution in [2.24, 2.45) is 0 Å². The summed E-state index contributed by atoms with van der Waals surface area (Å²) in [6.45, 7) is 0. The minimum Gasteiger partial charge on any atom is -0.326 e. The van der Waals surface area contributed by atoms with Crippen LogP contribution in [0.2, 0.25) is 0 Å². The summed E-state index contributed by atoms with van der Waals surface area (Å²) in [4.78, 5) is 21.2. The highest BCUT2D eigenvalue weighted by Crippen LogP contribution is 2.25. The van der Waals surface area contributed by atoms with Gasteiger partial charge in [-0.3, -0.25) is 4.79 Å². The Hall–Kier alpha value is -2.83. The van der Waals surface area contributed by atoms with Crippen molar-refractivity contribution in [2.45, 2.75) is 12.8 Å². The average molecular weight is 392 g/mol. The van der Waals surface area contributed by atoms with Crippen LogP contribution in [0.1, 0.15) is 12.1 Å². The average Bonchev–Trinajstić information content (AvgIpc) is 3.40. The Labute approximate surface area is 165 Å². The highest BCUT2D eigenvalue weighted by molar-refractivity contribution is 7.13. The molecule has 0 spiro atoms. The number of carbonyl (C=O) groups is 1. The Morgan fingerprint density at radius 1 is 0.926 bits per heavy atom. The maximum Gasteiger partial charge on any atom is 0.224 e. The first-order valence-electron chi connectivity index (χ1n) is 8.57. The zero-order valence-corrected chi connectivity index (χ0v) is 16.1. The van der Waals surface area contributed by atoms with Crippen LogP contribution in [0.5, 0.6) is 0 Å². The normalized spacial score (nSPS) is 10.7. The number of nitrogens with one attached hydrogen (secondary N) is 1. The molecule has 4 rings (SSSR count). The van der Waals surface area contributed by atoms with Gasteiger partial charge in [-0.2, -0.15) is 0 Å². The number of thiazole rings is 2. The van der Waals surface area contributed by atoms with Gasteiger partial charge in [0.05, 0.1) is 5.69 Å². The molecule has 4 nitrogen and oxygen atoms in total. The number of hydrogen-bond acceptors (Lipinski definition) is 5. The molecular weight excluding hydrogens is 374 g/mol. The molecule has 1 N–H and O–H groups in total. The van der Waals surface area contributed by atoms with E-state index in [0.29, 0.717) is 12.8 Å². The Morgan fingerprint density at radius 3 is 2.44 bits per heavy atom. The number of amides is 1. The SMILES string of the molecule is O=C(CCc1csc(-c2ccccc2)n1)Nc1ccc(-c2nccs2)cc1. The molecule has 0 unspecified atom stereocenters. The van der Waals surface area contributed by atoms with Gasteiger partial charge in [-0.05, 0) is 30.7 Å². The van der Waals surface area contributed by atoms with E-state index in [9.17, 15) is 4.79 Å². The molecular formula is C21H17N3OS2. The standard InChI is InChI=1S/C21H17N3OS2/c25-19(23-17-8-6-16(7-9-17)20-22-12-13-26-20)11-10-18-14-27-21(24-18)15-4-2-1-3-5-15/h1-9,12-14H,10-11H2,(H,23,25). The van der Waals surface area contributed by atoms with Crippen LogP contribution in [0.4, 0.5) is 5.69 Å². The van der Waals surface area contributed by atoms with Crippen molar-refractivity contribution in [3.8, 4) is 21.1 Å². The van der Waals surface area contributed by atoms with Crippen LogP contribution in [0, 0.1) is 0 Å². The van der Waals surface area contributed by atoms with Crippen LogP contribution in [0.15, 0.2) is 71.6 Å². The zero-order valence-electron chi connectivity index (χ0n) is 14.5. The molecule has 1 amide bonds. The Kier molecular flexibility index (Phi) is 5.37. The van der Waals surface area contributed by atoms with Gasteiger partial charge in [0.1, 0.15) is 10.0 Å². The first-order valence-corrected chi connectivity index (χ1v) is 10.3. The first-order chi connectivity index (χ1) is 13.3. The first kappa shape index (κ1) is 17.6. The molecule has 0 saturated heterocycles. The number of benzene rings is 2. The van der Waals surface area contributed by atoms with Crippen molar-refractivity contribution in [1.82, 2.24) is 9.97 Å². The van der Waals surface area contributed by atoms with E-state index in [0.717, 1.165) is 32.5 Å². The van der Waals surface area contributed by atoms with Crippen LogP contribution < -0.4 is 5.32 Å². The van der Waals surface area contributed by atoms with Crippen LogP contribution in [-0.2, 0) is 11.2 Å². The number of anilines is 1. The van der Waals surface area contributed by atoms with E-state index in [1.165, 1.54) is 0 Å². The molecule has 6 heteroatoms. The molecule has 0 fully saturated rings. The molecule has 0 atom stereocenters. The lowest BCUT2D eigenvalue weighted by molar-refractivity contribution is -0.116. The number of hydrogen-bond donors (Lipinski definition) is 1. The van der Waals surface area contributed by atoms with Crippen molar-refractivity contribution in [1.29, 1.82) is 0 Å². The molecule has 2 aromatic carbocycles. The van der Waals surface area contributed by atoms with Crippen molar-refractivity contribution < 1.29 is 4.79 Å². The number of nitrogens with zero attached hydrogens (tertiary/aromatic N) is 2. The fourth-order valence-corrected chi connectivity index (χ4v) is 4.17. The topological polar surface area (TPSA) is 54.9 Å². The maximum atomic E-state index is 12.2. The van der Waals surface area contributed by atoms with Crippen LogP contribution in [0.25, 0.3) is 21.1 Å². The third-order valence-corrected chi connectivity index (χ3v) is 5.79. The summed E-state index contributed by atoms with van der Waals surface area (Å²) in [6, 6.07) is 17.9. The quantitative estimate of drug-likeness (QED) is 0.472. The Bertz CT molecular complexity index is 1010. The van der Waals surface area contributed by atoms with Gasteiger partial charge in [-0.15, -0.1) is 22.7 Å². The number of aromatic nitrogens is 2. The lowest BCUT2D eigenvalue weighted by Crippen LogP contribution is -2.12. The molecule has 134 valence electrons. The van der Waals surface area contributed by atoms with Crippen molar-refractivity contribution in [2.75, 3.05) is 5.32 Å². The summed E-state index contributed by atoms with van der Waals surface area (Å²) < 4.78 is 0.